The van der Waals surface area contributed by atoms with Crippen LogP contribution >= 0.6 is 11.6 Å². The number of hydrogen-bond acceptors (Lipinski definition) is 3. The third-order valence-corrected chi connectivity index (χ3v) is 4.20. The lowest BCUT2D eigenvalue weighted by Gasteiger charge is -2.26. The van der Waals surface area contributed by atoms with Crippen molar-refractivity contribution in [3.63, 3.8) is 0 Å². The smallest absolute Gasteiger partial charge is 0.257 e. The number of nitrogens with zero attached hydrogens (tertiary/aromatic N) is 2. The Bertz CT molecular complexity index is 489. The molecule has 1 aliphatic heterocycles. The monoisotopic (exact) mass is 296 g/mol. The number of phenolic OH excluding ortho intramolecular Hbond substituents is 1. The van der Waals surface area contributed by atoms with E-state index in [2.05, 4.69) is 18.7 Å². The summed E-state index contributed by atoms with van der Waals surface area (Å²) in [5.41, 5.74) is 0.290. The first-order chi connectivity index (χ1) is 9.56. The first kappa shape index (κ1) is 15.1. The summed E-state index contributed by atoms with van der Waals surface area (Å²) < 4.78 is 0. The fourth-order valence-corrected chi connectivity index (χ4v) is 2.99. The van der Waals surface area contributed by atoms with Gasteiger partial charge in [0.2, 0.25) is 0 Å². The Hall–Kier alpha value is -1.26. The van der Waals surface area contributed by atoms with E-state index >= 15 is 0 Å². The van der Waals surface area contributed by atoms with Gasteiger partial charge in [-0.3, -0.25) is 9.69 Å². The molecule has 0 bridgehead atoms. The van der Waals surface area contributed by atoms with E-state index in [1.165, 1.54) is 12.1 Å². The standard InChI is InChI=1S/C15H21ClN2O2/c1-3-17(4-2)12-7-8-18(10-12)15(20)13-9-11(16)5-6-14(13)19/h5-6,9,12,19H,3-4,7-8,10H2,1-2H3. The minimum atomic E-state index is -0.139. The molecule has 1 aliphatic rings. The van der Waals surface area contributed by atoms with Crippen molar-refractivity contribution in [3.05, 3.63) is 28.8 Å². The number of likely N-dealkylation sites (tertiary alicyclic amines) is 1. The van der Waals surface area contributed by atoms with Crippen LogP contribution in [0.15, 0.2) is 18.2 Å². The molecule has 4 nitrogen and oxygen atoms in total. The minimum Gasteiger partial charge on any atom is -0.507 e. The van der Waals surface area contributed by atoms with Crippen molar-refractivity contribution < 1.29 is 9.90 Å². The maximum Gasteiger partial charge on any atom is 0.257 e. The average molecular weight is 297 g/mol. The molecule has 0 radical (unpaired) electrons. The Morgan fingerprint density at radius 3 is 2.80 bits per heavy atom. The van der Waals surface area contributed by atoms with Crippen LogP contribution in [0.5, 0.6) is 5.75 Å². The van der Waals surface area contributed by atoms with Crippen molar-refractivity contribution in [2.75, 3.05) is 26.2 Å². The van der Waals surface area contributed by atoms with Crippen molar-refractivity contribution >= 4 is 17.5 Å². The Morgan fingerprint density at radius 1 is 1.45 bits per heavy atom. The lowest BCUT2D eigenvalue weighted by molar-refractivity contribution is 0.0775. The predicted octanol–water partition coefficient (Wildman–Crippen LogP) is 2.60. The maximum absolute atomic E-state index is 12.5. The molecule has 2 rings (SSSR count). The molecular formula is C15H21ClN2O2. The number of benzene rings is 1. The van der Waals surface area contributed by atoms with Gasteiger partial charge in [0.15, 0.2) is 0 Å². The van der Waals surface area contributed by atoms with Gasteiger partial charge in [0.25, 0.3) is 5.91 Å². The van der Waals surface area contributed by atoms with Crippen LogP contribution in [0.25, 0.3) is 0 Å². The zero-order valence-electron chi connectivity index (χ0n) is 12.0. The van der Waals surface area contributed by atoms with E-state index in [0.29, 0.717) is 17.6 Å². The summed E-state index contributed by atoms with van der Waals surface area (Å²) in [5.74, 6) is -0.148. The summed E-state index contributed by atoms with van der Waals surface area (Å²) >= 11 is 5.90. The number of aromatic hydroxyl groups is 1. The number of amides is 1. The van der Waals surface area contributed by atoms with Crippen molar-refractivity contribution in [2.45, 2.75) is 26.3 Å². The van der Waals surface area contributed by atoms with Gasteiger partial charge in [-0.15, -0.1) is 0 Å². The van der Waals surface area contributed by atoms with Gasteiger partial charge in [-0.2, -0.15) is 0 Å². The quantitative estimate of drug-likeness (QED) is 0.929. The number of phenols is 1. The molecule has 1 heterocycles. The molecule has 1 fully saturated rings. The van der Waals surface area contributed by atoms with E-state index < -0.39 is 0 Å². The Balaban J connectivity index is 2.10. The minimum absolute atomic E-state index is 0.00862. The van der Waals surface area contributed by atoms with Crippen molar-refractivity contribution in [1.29, 1.82) is 0 Å². The van der Waals surface area contributed by atoms with Crippen LogP contribution in [0.3, 0.4) is 0 Å². The highest BCUT2D eigenvalue weighted by Crippen LogP contribution is 2.25. The molecule has 0 spiro atoms. The topological polar surface area (TPSA) is 43.8 Å². The van der Waals surface area contributed by atoms with Crippen LogP contribution in [-0.2, 0) is 0 Å². The summed E-state index contributed by atoms with van der Waals surface area (Å²) in [6, 6.07) is 4.99. The molecule has 110 valence electrons. The molecule has 1 aromatic carbocycles. The second-order valence-corrected chi connectivity index (χ2v) is 5.51. The number of likely N-dealkylation sites (N-methyl/N-ethyl adjacent to an activating group) is 1. The highest BCUT2D eigenvalue weighted by Gasteiger charge is 2.30. The van der Waals surface area contributed by atoms with Crippen LogP contribution < -0.4 is 0 Å². The molecule has 0 aromatic heterocycles. The van der Waals surface area contributed by atoms with Gasteiger partial charge in [-0.05, 0) is 37.7 Å². The van der Waals surface area contributed by atoms with Gasteiger partial charge in [-0.1, -0.05) is 25.4 Å². The molecule has 1 N–H and O–H groups in total. The van der Waals surface area contributed by atoms with Crippen LogP contribution in [0.2, 0.25) is 5.02 Å². The van der Waals surface area contributed by atoms with Gasteiger partial charge in [-0.25, -0.2) is 0 Å². The van der Waals surface area contributed by atoms with E-state index in [4.69, 9.17) is 11.6 Å². The van der Waals surface area contributed by atoms with Gasteiger partial charge >= 0.3 is 0 Å². The number of halogens is 1. The molecule has 0 aliphatic carbocycles. The first-order valence-corrected chi connectivity index (χ1v) is 7.46. The van der Waals surface area contributed by atoms with Crippen LogP contribution in [0.1, 0.15) is 30.6 Å². The molecule has 1 atom stereocenters. The molecule has 1 unspecified atom stereocenters. The number of carbonyl (C=O) groups excluding carboxylic acids is 1. The highest BCUT2D eigenvalue weighted by molar-refractivity contribution is 6.31. The summed E-state index contributed by atoms with van der Waals surface area (Å²) in [7, 11) is 0. The number of rotatable bonds is 4. The Morgan fingerprint density at radius 2 is 2.15 bits per heavy atom. The summed E-state index contributed by atoms with van der Waals surface area (Å²) in [6.45, 7) is 7.70. The van der Waals surface area contributed by atoms with Crippen LogP contribution in [-0.4, -0.2) is 53.0 Å². The van der Waals surface area contributed by atoms with Crippen molar-refractivity contribution in [2.24, 2.45) is 0 Å². The number of carbonyl (C=O) groups is 1. The van der Waals surface area contributed by atoms with Crippen molar-refractivity contribution in [1.82, 2.24) is 9.80 Å². The molecule has 1 aromatic rings. The molecule has 1 saturated heterocycles. The lowest BCUT2D eigenvalue weighted by Crippen LogP contribution is -2.38. The van der Waals surface area contributed by atoms with E-state index in [1.807, 2.05) is 0 Å². The number of hydrogen-bond donors (Lipinski definition) is 1. The highest BCUT2D eigenvalue weighted by atomic mass is 35.5. The van der Waals surface area contributed by atoms with Gasteiger partial charge in [0.1, 0.15) is 5.75 Å². The molecule has 1 amide bonds. The van der Waals surface area contributed by atoms with Crippen molar-refractivity contribution in [3.8, 4) is 5.75 Å². The Labute approximate surface area is 124 Å². The molecule has 0 saturated carbocycles. The van der Waals surface area contributed by atoms with E-state index in [-0.39, 0.29) is 17.2 Å². The van der Waals surface area contributed by atoms with Crippen LogP contribution in [0, 0.1) is 0 Å². The predicted molar refractivity (Wildman–Crippen MR) is 80.3 cm³/mol. The fourth-order valence-electron chi connectivity index (χ4n) is 2.81. The van der Waals surface area contributed by atoms with Gasteiger partial charge in [0.05, 0.1) is 5.56 Å². The third-order valence-electron chi connectivity index (χ3n) is 3.97. The molecule has 5 heteroatoms. The second-order valence-electron chi connectivity index (χ2n) is 5.08. The van der Waals surface area contributed by atoms with E-state index in [9.17, 15) is 9.90 Å². The fraction of sp³-hybridized carbons (Fsp3) is 0.533. The van der Waals surface area contributed by atoms with E-state index in [1.54, 1.807) is 11.0 Å². The zero-order valence-corrected chi connectivity index (χ0v) is 12.7. The average Bonchev–Trinajstić information content (AvgIpc) is 2.92. The molecule has 20 heavy (non-hydrogen) atoms. The normalized spacial score (nSPS) is 18.8. The second kappa shape index (κ2) is 6.46. The first-order valence-electron chi connectivity index (χ1n) is 7.08. The van der Waals surface area contributed by atoms with Gasteiger partial charge < -0.3 is 10.0 Å². The zero-order chi connectivity index (χ0) is 14.7. The summed E-state index contributed by atoms with van der Waals surface area (Å²) in [6.07, 6.45) is 0.981. The third kappa shape index (κ3) is 3.07. The molecular weight excluding hydrogens is 276 g/mol. The SMILES string of the molecule is CCN(CC)C1CCN(C(=O)c2cc(Cl)ccc2O)C1. The summed E-state index contributed by atoms with van der Waals surface area (Å²) in [5, 5.41) is 10.3. The lowest BCUT2D eigenvalue weighted by atomic mass is 10.2. The summed E-state index contributed by atoms with van der Waals surface area (Å²) in [4.78, 5) is 16.6. The largest absolute Gasteiger partial charge is 0.507 e. The maximum atomic E-state index is 12.5. The van der Waals surface area contributed by atoms with Gasteiger partial charge in [0, 0.05) is 24.2 Å². The van der Waals surface area contributed by atoms with E-state index in [0.717, 1.165) is 26.1 Å². The van der Waals surface area contributed by atoms with Crippen LogP contribution in [0.4, 0.5) is 0 Å². The Kier molecular flexibility index (Phi) is 4.89.